The smallest absolute Gasteiger partial charge is 0.109 e. The van der Waals surface area contributed by atoms with Gasteiger partial charge >= 0.3 is 0 Å². The number of halogens is 1. The lowest BCUT2D eigenvalue weighted by atomic mass is 10.3. The molecule has 0 saturated heterocycles. The van der Waals surface area contributed by atoms with Crippen molar-refractivity contribution in [2.24, 2.45) is 10.7 Å². The summed E-state index contributed by atoms with van der Waals surface area (Å²) in [7, 11) is 0. The van der Waals surface area contributed by atoms with E-state index in [2.05, 4.69) is 16.4 Å². The van der Waals surface area contributed by atoms with E-state index in [1.165, 1.54) is 4.88 Å². The van der Waals surface area contributed by atoms with Crippen LogP contribution in [0.25, 0.3) is 0 Å². The van der Waals surface area contributed by atoms with Gasteiger partial charge in [-0.3, -0.25) is 4.99 Å². The van der Waals surface area contributed by atoms with Crippen LogP contribution in [-0.4, -0.2) is 18.3 Å². The van der Waals surface area contributed by atoms with Crippen LogP contribution in [0, 0.1) is 0 Å². The van der Waals surface area contributed by atoms with Crippen molar-refractivity contribution in [3.63, 3.8) is 0 Å². The fourth-order valence-electron chi connectivity index (χ4n) is 0.807. The third-order valence-corrected chi connectivity index (χ3v) is 2.60. The second-order valence-corrected chi connectivity index (χ2v) is 3.64. The summed E-state index contributed by atoms with van der Waals surface area (Å²) in [6.07, 6.45) is 0.954. The zero-order chi connectivity index (χ0) is 8.81. The van der Waals surface area contributed by atoms with Crippen molar-refractivity contribution in [3.05, 3.63) is 22.4 Å². The van der Waals surface area contributed by atoms with Crippen molar-refractivity contribution in [2.75, 3.05) is 12.4 Å². The molecule has 0 radical (unpaired) electrons. The Bertz CT molecular complexity index is 244. The van der Waals surface area contributed by atoms with Crippen LogP contribution in [0.15, 0.2) is 22.5 Å². The molecule has 1 heterocycles. The molecule has 2 nitrogen and oxygen atoms in total. The van der Waals surface area contributed by atoms with Crippen molar-refractivity contribution in [1.29, 1.82) is 0 Å². The predicted molar refractivity (Wildman–Crippen MR) is 55.2 cm³/mol. The zero-order valence-corrected chi connectivity index (χ0v) is 8.24. The highest BCUT2D eigenvalue weighted by Crippen LogP contribution is 2.08. The second-order valence-electron chi connectivity index (χ2n) is 2.34. The van der Waals surface area contributed by atoms with Gasteiger partial charge in [0.05, 0.1) is 5.88 Å². The Morgan fingerprint density at radius 3 is 3.08 bits per heavy atom. The molecule has 0 spiro atoms. The van der Waals surface area contributed by atoms with Crippen molar-refractivity contribution in [2.45, 2.75) is 6.42 Å². The Labute approximate surface area is 81.1 Å². The minimum Gasteiger partial charge on any atom is -0.386 e. The molecule has 0 unspecified atom stereocenters. The average molecular weight is 203 g/mol. The fourth-order valence-corrected chi connectivity index (χ4v) is 1.59. The van der Waals surface area contributed by atoms with Crippen LogP contribution in [0.1, 0.15) is 4.88 Å². The van der Waals surface area contributed by atoms with E-state index in [1.807, 2.05) is 6.07 Å². The molecule has 1 aromatic rings. The van der Waals surface area contributed by atoms with Gasteiger partial charge in [-0.25, -0.2) is 0 Å². The first-order valence-electron chi connectivity index (χ1n) is 3.70. The number of nitrogens with zero attached hydrogens (tertiary/aromatic N) is 1. The van der Waals surface area contributed by atoms with Gasteiger partial charge in [0, 0.05) is 17.8 Å². The largest absolute Gasteiger partial charge is 0.386 e. The summed E-state index contributed by atoms with van der Waals surface area (Å²) in [5.74, 6) is 0.845. The van der Waals surface area contributed by atoms with Crippen molar-refractivity contribution >= 4 is 28.8 Å². The molecule has 0 bridgehead atoms. The summed E-state index contributed by atoms with van der Waals surface area (Å²) in [6.45, 7) is 0.735. The van der Waals surface area contributed by atoms with Gasteiger partial charge in [-0.2, -0.15) is 0 Å². The highest BCUT2D eigenvalue weighted by Gasteiger charge is 1.92. The Morgan fingerprint density at radius 2 is 2.50 bits per heavy atom. The van der Waals surface area contributed by atoms with Gasteiger partial charge in [-0.15, -0.1) is 22.9 Å². The third-order valence-electron chi connectivity index (χ3n) is 1.39. The number of rotatable bonds is 4. The molecule has 1 aromatic heterocycles. The van der Waals surface area contributed by atoms with Gasteiger partial charge in [0.15, 0.2) is 0 Å². The minimum atomic E-state index is 0.324. The molecule has 4 heteroatoms. The summed E-state index contributed by atoms with van der Waals surface area (Å²) < 4.78 is 0. The zero-order valence-electron chi connectivity index (χ0n) is 6.66. The maximum Gasteiger partial charge on any atom is 0.109 e. The first-order valence-corrected chi connectivity index (χ1v) is 5.11. The van der Waals surface area contributed by atoms with Gasteiger partial charge in [0.2, 0.25) is 0 Å². The molecule has 2 N–H and O–H groups in total. The van der Waals surface area contributed by atoms with Crippen LogP contribution in [0.3, 0.4) is 0 Å². The molecule has 0 aliphatic carbocycles. The lowest BCUT2D eigenvalue weighted by Crippen LogP contribution is -2.13. The molecule has 0 amide bonds. The second kappa shape index (κ2) is 5.17. The van der Waals surface area contributed by atoms with Crippen LogP contribution in [0.4, 0.5) is 0 Å². The Hall–Kier alpha value is -0.540. The molecular formula is C8H11ClN2S. The fraction of sp³-hybridized carbons (Fsp3) is 0.375. The summed E-state index contributed by atoms with van der Waals surface area (Å²) in [5.41, 5.74) is 5.43. The third kappa shape index (κ3) is 3.24. The molecule has 0 aliphatic heterocycles. The van der Waals surface area contributed by atoms with Crippen molar-refractivity contribution in [1.82, 2.24) is 0 Å². The first-order chi connectivity index (χ1) is 5.83. The van der Waals surface area contributed by atoms with E-state index >= 15 is 0 Å². The quantitative estimate of drug-likeness (QED) is 0.452. The molecular weight excluding hydrogens is 192 g/mol. The van der Waals surface area contributed by atoms with Crippen LogP contribution in [-0.2, 0) is 6.42 Å². The predicted octanol–water partition coefficient (Wildman–Crippen LogP) is 1.89. The number of hydrogen-bond acceptors (Lipinski definition) is 2. The van der Waals surface area contributed by atoms with Crippen LogP contribution < -0.4 is 5.73 Å². The number of nitrogens with two attached hydrogens (primary N) is 1. The van der Waals surface area contributed by atoms with Crippen molar-refractivity contribution < 1.29 is 0 Å². The number of alkyl halides is 1. The van der Waals surface area contributed by atoms with E-state index in [9.17, 15) is 0 Å². The van der Waals surface area contributed by atoms with Gasteiger partial charge in [-0.1, -0.05) is 6.07 Å². The topological polar surface area (TPSA) is 38.4 Å². The molecule has 0 aromatic carbocycles. The van der Waals surface area contributed by atoms with E-state index in [0.717, 1.165) is 13.0 Å². The number of hydrogen-bond donors (Lipinski definition) is 1. The highest BCUT2D eigenvalue weighted by molar-refractivity contribution is 7.09. The molecule has 12 heavy (non-hydrogen) atoms. The van der Waals surface area contributed by atoms with E-state index < -0.39 is 0 Å². The molecule has 0 aliphatic rings. The molecule has 66 valence electrons. The molecule has 1 rings (SSSR count). The monoisotopic (exact) mass is 202 g/mol. The van der Waals surface area contributed by atoms with E-state index in [-0.39, 0.29) is 0 Å². The Kier molecular flexibility index (Phi) is 4.11. The maximum atomic E-state index is 5.46. The van der Waals surface area contributed by atoms with E-state index in [0.29, 0.717) is 11.7 Å². The average Bonchev–Trinajstić information content (AvgIpc) is 2.57. The lowest BCUT2D eigenvalue weighted by molar-refractivity contribution is 0.983. The summed E-state index contributed by atoms with van der Waals surface area (Å²) in [5, 5.41) is 2.06. The number of amidine groups is 1. The van der Waals surface area contributed by atoms with Gasteiger partial charge in [0.1, 0.15) is 5.84 Å². The first kappa shape index (κ1) is 9.55. The van der Waals surface area contributed by atoms with Crippen LogP contribution in [0.2, 0.25) is 0 Å². The number of aliphatic imine (C=N–C) groups is 1. The SMILES string of the molecule is NC(CCl)=NCCc1cccs1. The standard InChI is InChI=1S/C8H11ClN2S/c9-6-8(10)11-4-3-7-2-1-5-12-7/h1-2,5H,3-4,6H2,(H2,10,11). The Morgan fingerprint density at radius 1 is 1.67 bits per heavy atom. The lowest BCUT2D eigenvalue weighted by Gasteiger charge is -1.94. The summed E-state index contributed by atoms with van der Waals surface area (Å²) >= 11 is 7.20. The van der Waals surface area contributed by atoms with Gasteiger partial charge in [0.25, 0.3) is 0 Å². The summed E-state index contributed by atoms with van der Waals surface area (Å²) in [6, 6.07) is 4.13. The molecule has 0 atom stereocenters. The van der Waals surface area contributed by atoms with Gasteiger partial charge < -0.3 is 5.73 Å². The highest BCUT2D eigenvalue weighted by atomic mass is 35.5. The maximum absolute atomic E-state index is 5.46. The van der Waals surface area contributed by atoms with Gasteiger partial charge in [-0.05, 0) is 11.4 Å². The van der Waals surface area contributed by atoms with E-state index in [4.69, 9.17) is 17.3 Å². The minimum absolute atomic E-state index is 0.324. The van der Waals surface area contributed by atoms with Crippen LogP contribution in [0.5, 0.6) is 0 Å². The number of thiophene rings is 1. The summed E-state index contributed by atoms with van der Waals surface area (Å²) in [4.78, 5) is 5.42. The van der Waals surface area contributed by atoms with E-state index in [1.54, 1.807) is 11.3 Å². The molecule has 0 fully saturated rings. The van der Waals surface area contributed by atoms with Crippen molar-refractivity contribution in [3.8, 4) is 0 Å². The molecule has 0 saturated carbocycles. The Balaban J connectivity index is 2.28. The van der Waals surface area contributed by atoms with Crippen LogP contribution >= 0.6 is 22.9 Å². The normalized spacial score (nSPS) is 11.9.